The van der Waals surface area contributed by atoms with Gasteiger partial charge in [-0.05, 0) is 56.0 Å². The Bertz CT molecular complexity index is 579. The van der Waals surface area contributed by atoms with Gasteiger partial charge in [-0.3, -0.25) is 0 Å². The lowest BCUT2D eigenvalue weighted by Gasteiger charge is -2.29. The molecule has 1 aromatic carbocycles. The van der Waals surface area contributed by atoms with Gasteiger partial charge in [0.25, 0.3) is 0 Å². The normalized spacial score (nSPS) is 19.6. The van der Waals surface area contributed by atoms with Crippen LogP contribution in [0.1, 0.15) is 28.8 Å². The summed E-state index contributed by atoms with van der Waals surface area (Å²) < 4.78 is 7.87. The molecule has 2 heterocycles. The molecular formula is C14H13Br2NOS. The summed E-state index contributed by atoms with van der Waals surface area (Å²) in [6, 6.07) is 10.3. The van der Waals surface area contributed by atoms with Gasteiger partial charge in [-0.2, -0.15) is 0 Å². The van der Waals surface area contributed by atoms with Gasteiger partial charge in [-0.15, -0.1) is 11.3 Å². The molecule has 1 aromatic heterocycles. The van der Waals surface area contributed by atoms with Gasteiger partial charge in [-0.1, -0.05) is 18.2 Å². The number of ether oxygens (including phenoxy) is 1. The van der Waals surface area contributed by atoms with Crippen molar-refractivity contribution in [3.05, 3.63) is 49.0 Å². The second-order valence-electron chi connectivity index (χ2n) is 4.58. The van der Waals surface area contributed by atoms with Crippen LogP contribution in [0.25, 0.3) is 0 Å². The lowest BCUT2D eigenvalue weighted by atomic mass is 9.86. The highest BCUT2D eigenvalue weighted by molar-refractivity contribution is 9.13. The number of nitrogens with two attached hydrogens (primary N) is 1. The van der Waals surface area contributed by atoms with Crippen molar-refractivity contribution in [3.63, 3.8) is 0 Å². The van der Waals surface area contributed by atoms with E-state index in [1.807, 2.05) is 18.2 Å². The Kier molecular flexibility index (Phi) is 3.98. The molecule has 0 saturated carbocycles. The predicted molar refractivity (Wildman–Crippen MR) is 85.9 cm³/mol. The molecule has 3 rings (SSSR count). The summed E-state index contributed by atoms with van der Waals surface area (Å²) in [7, 11) is 0. The smallest absolute Gasteiger partial charge is 0.122 e. The first-order chi connectivity index (χ1) is 9.16. The molecule has 100 valence electrons. The highest BCUT2D eigenvalue weighted by atomic mass is 79.9. The third-order valence-corrected chi connectivity index (χ3v) is 6.79. The third kappa shape index (κ3) is 2.61. The Morgan fingerprint density at radius 1 is 1.32 bits per heavy atom. The van der Waals surface area contributed by atoms with Crippen LogP contribution in [0.4, 0.5) is 0 Å². The van der Waals surface area contributed by atoms with E-state index in [0.717, 1.165) is 27.0 Å². The van der Waals surface area contributed by atoms with E-state index in [0.29, 0.717) is 5.92 Å². The predicted octanol–water partition coefficient (Wildman–Crippen LogP) is 4.84. The summed E-state index contributed by atoms with van der Waals surface area (Å²) in [5.41, 5.74) is 7.70. The molecule has 2 unspecified atom stereocenters. The molecule has 2 N–H and O–H groups in total. The van der Waals surface area contributed by atoms with Crippen LogP contribution in [-0.2, 0) is 0 Å². The highest BCUT2D eigenvalue weighted by Gasteiger charge is 2.28. The Balaban J connectivity index is 1.95. The van der Waals surface area contributed by atoms with Crippen molar-refractivity contribution in [2.45, 2.75) is 18.4 Å². The first-order valence-corrected chi connectivity index (χ1v) is 8.49. The maximum absolute atomic E-state index is 6.48. The van der Waals surface area contributed by atoms with Crippen LogP contribution in [0.15, 0.2) is 38.6 Å². The molecule has 1 aliphatic heterocycles. The molecule has 2 atom stereocenters. The number of halogens is 2. The summed E-state index contributed by atoms with van der Waals surface area (Å²) in [6.07, 6.45) is 0.964. The van der Waals surface area contributed by atoms with E-state index in [1.54, 1.807) is 11.3 Å². The molecule has 0 fully saturated rings. The van der Waals surface area contributed by atoms with E-state index in [1.165, 1.54) is 10.4 Å². The third-order valence-electron chi connectivity index (χ3n) is 3.43. The standard InChI is InChI=1S/C14H13Br2NOS/c15-10-7-12(19-14(10)16)13(17)9-5-6-18-11-4-2-1-3-8(9)11/h1-4,7,9,13H,5-6,17H2. The number of thiophene rings is 1. The zero-order valence-electron chi connectivity index (χ0n) is 10.1. The summed E-state index contributed by atoms with van der Waals surface area (Å²) in [5, 5.41) is 0. The monoisotopic (exact) mass is 401 g/mol. The van der Waals surface area contributed by atoms with Crippen molar-refractivity contribution in [2.75, 3.05) is 6.61 Å². The van der Waals surface area contributed by atoms with Gasteiger partial charge in [0, 0.05) is 21.3 Å². The fourth-order valence-corrected chi connectivity index (χ4v) is 4.63. The fraction of sp³-hybridized carbons (Fsp3) is 0.286. The van der Waals surface area contributed by atoms with Crippen molar-refractivity contribution in [2.24, 2.45) is 5.73 Å². The second-order valence-corrected chi connectivity index (χ2v) is 7.83. The van der Waals surface area contributed by atoms with E-state index >= 15 is 0 Å². The minimum atomic E-state index is 0.0117. The number of rotatable bonds is 2. The summed E-state index contributed by atoms with van der Waals surface area (Å²) in [6.45, 7) is 0.739. The van der Waals surface area contributed by atoms with Gasteiger partial charge in [0.2, 0.25) is 0 Å². The molecule has 0 spiro atoms. The molecule has 0 saturated heterocycles. The van der Waals surface area contributed by atoms with E-state index in [9.17, 15) is 0 Å². The van der Waals surface area contributed by atoms with Crippen LogP contribution in [0.5, 0.6) is 5.75 Å². The molecule has 0 radical (unpaired) electrons. The van der Waals surface area contributed by atoms with Gasteiger partial charge in [-0.25, -0.2) is 0 Å². The van der Waals surface area contributed by atoms with Crippen LogP contribution in [0.2, 0.25) is 0 Å². The lowest BCUT2D eigenvalue weighted by molar-refractivity contribution is 0.256. The first kappa shape index (κ1) is 13.6. The zero-order chi connectivity index (χ0) is 13.4. The minimum Gasteiger partial charge on any atom is -0.493 e. The van der Waals surface area contributed by atoms with Crippen molar-refractivity contribution in [3.8, 4) is 5.75 Å². The number of hydrogen-bond donors (Lipinski definition) is 1. The number of fused-ring (bicyclic) bond motifs is 1. The SMILES string of the molecule is NC(c1cc(Br)c(Br)s1)C1CCOc2ccccc21. The molecule has 2 aromatic rings. The largest absolute Gasteiger partial charge is 0.493 e. The molecule has 0 amide bonds. The van der Waals surface area contributed by atoms with Gasteiger partial charge < -0.3 is 10.5 Å². The highest BCUT2D eigenvalue weighted by Crippen LogP contribution is 2.44. The first-order valence-electron chi connectivity index (χ1n) is 6.09. The van der Waals surface area contributed by atoms with Crippen molar-refractivity contribution in [1.29, 1.82) is 0 Å². The molecule has 1 aliphatic rings. The molecule has 5 heteroatoms. The van der Waals surface area contributed by atoms with Crippen LogP contribution in [0.3, 0.4) is 0 Å². The van der Waals surface area contributed by atoms with Gasteiger partial charge >= 0.3 is 0 Å². The molecule has 0 aliphatic carbocycles. The van der Waals surface area contributed by atoms with Crippen LogP contribution in [-0.4, -0.2) is 6.61 Å². The lowest BCUT2D eigenvalue weighted by Crippen LogP contribution is -2.24. The van der Waals surface area contributed by atoms with E-state index in [4.69, 9.17) is 10.5 Å². The Morgan fingerprint density at radius 2 is 2.11 bits per heavy atom. The number of benzene rings is 1. The van der Waals surface area contributed by atoms with Crippen molar-refractivity contribution >= 4 is 43.2 Å². The number of para-hydroxylation sites is 1. The maximum Gasteiger partial charge on any atom is 0.122 e. The average molecular weight is 403 g/mol. The molecular weight excluding hydrogens is 390 g/mol. The average Bonchev–Trinajstić information content (AvgIpc) is 2.77. The maximum atomic E-state index is 6.48. The van der Waals surface area contributed by atoms with Crippen molar-refractivity contribution in [1.82, 2.24) is 0 Å². The van der Waals surface area contributed by atoms with Gasteiger partial charge in [0.1, 0.15) is 5.75 Å². The van der Waals surface area contributed by atoms with E-state index in [-0.39, 0.29) is 6.04 Å². The molecule has 2 nitrogen and oxygen atoms in total. The molecule has 0 bridgehead atoms. The second kappa shape index (κ2) is 5.56. The van der Waals surface area contributed by atoms with Crippen molar-refractivity contribution < 1.29 is 4.74 Å². The Morgan fingerprint density at radius 3 is 2.84 bits per heavy atom. The topological polar surface area (TPSA) is 35.2 Å². The number of hydrogen-bond acceptors (Lipinski definition) is 3. The Hall–Kier alpha value is -0.360. The Labute approximate surface area is 133 Å². The van der Waals surface area contributed by atoms with E-state index in [2.05, 4.69) is 44.0 Å². The zero-order valence-corrected chi connectivity index (χ0v) is 14.1. The summed E-state index contributed by atoms with van der Waals surface area (Å²) >= 11 is 8.75. The van der Waals surface area contributed by atoms with E-state index < -0.39 is 0 Å². The molecule has 19 heavy (non-hydrogen) atoms. The van der Waals surface area contributed by atoms with Crippen LogP contribution in [0, 0.1) is 0 Å². The van der Waals surface area contributed by atoms with Gasteiger partial charge in [0.05, 0.1) is 10.4 Å². The van der Waals surface area contributed by atoms with Crippen LogP contribution < -0.4 is 10.5 Å². The summed E-state index contributed by atoms with van der Waals surface area (Å²) in [4.78, 5) is 1.19. The quantitative estimate of drug-likeness (QED) is 0.779. The summed E-state index contributed by atoms with van der Waals surface area (Å²) in [5.74, 6) is 1.30. The fourth-order valence-electron chi connectivity index (χ4n) is 2.47. The van der Waals surface area contributed by atoms with Crippen LogP contribution >= 0.6 is 43.2 Å². The minimum absolute atomic E-state index is 0.0117. The van der Waals surface area contributed by atoms with Gasteiger partial charge in [0.15, 0.2) is 0 Å².